The first-order valence-electron chi connectivity index (χ1n) is 6.19. The molecule has 0 unspecified atom stereocenters. The molecule has 2 nitrogen and oxygen atoms in total. The van der Waals surface area contributed by atoms with E-state index in [-0.39, 0.29) is 16.6 Å². The molecule has 1 heterocycles. The first kappa shape index (κ1) is 12.3. The van der Waals surface area contributed by atoms with Crippen LogP contribution >= 0.6 is 0 Å². The molecule has 1 N–H and O–H groups in total. The largest absolute Gasteiger partial charge is 0.315 e. The molecule has 1 fully saturated rings. The first-order valence-corrected chi connectivity index (χ1v) is 6.19. The number of carbonyl (C=O) groups excluding carboxylic acids is 1. The zero-order chi connectivity index (χ0) is 12.7. The SMILES string of the molecule is CC1(C(=O)c2ccc(C(C)(C)C)cc2)CNC1. The molecule has 0 atom stereocenters. The van der Waals surface area contributed by atoms with Crippen LogP contribution in [-0.4, -0.2) is 18.9 Å². The molecule has 0 saturated carbocycles. The van der Waals surface area contributed by atoms with E-state index in [0.29, 0.717) is 0 Å². The van der Waals surface area contributed by atoms with Crippen LogP contribution in [0.15, 0.2) is 24.3 Å². The van der Waals surface area contributed by atoms with Crippen molar-refractivity contribution in [2.75, 3.05) is 13.1 Å². The van der Waals surface area contributed by atoms with Crippen molar-refractivity contribution in [1.82, 2.24) is 5.32 Å². The van der Waals surface area contributed by atoms with Crippen molar-refractivity contribution >= 4 is 5.78 Å². The van der Waals surface area contributed by atoms with Gasteiger partial charge in [0.1, 0.15) is 0 Å². The van der Waals surface area contributed by atoms with Gasteiger partial charge in [-0.3, -0.25) is 4.79 Å². The van der Waals surface area contributed by atoms with Crippen molar-refractivity contribution in [2.45, 2.75) is 33.1 Å². The molecule has 1 aromatic carbocycles. The Morgan fingerprint density at radius 1 is 1.18 bits per heavy atom. The van der Waals surface area contributed by atoms with Gasteiger partial charge in [-0.05, 0) is 17.9 Å². The van der Waals surface area contributed by atoms with E-state index >= 15 is 0 Å². The van der Waals surface area contributed by atoms with Gasteiger partial charge in [0, 0.05) is 18.7 Å². The van der Waals surface area contributed by atoms with Crippen molar-refractivity contribution in [2.24, 2.45) is 5.41 Å². The molecule has 0 aliphatic carbocycles. The van der Waals surface area contributed by atoms with Gasteiger partial charge in [-0.1, -0.05) is 45.0 Å². The van der Waals surface area contributed by atoms with Gasteiger partial charge in [0.15, 0.2) is 5.78 Å². The fourth-order valence-corrected chi connectivity index (χ4v) is 2.13. The molecular weight excluding hydrogens is 210 g/mol. The zero-order valence-corrected chi connectivity index (χ0v) is 11.1. The predicted molar refractivity (Wildman–Crippen MR) is 70.4 cm³/mol. The Labute approximate surface area is 103 Å². The van der Waals surface area contributed by atoms with Crippen LogP contribution in [0.25, 0.3) is 0 Å². The summed E-state index contributed by atoms with van der Waals surface area (Å²) in [4.78, 5) is 12.3. The lowest BCUT2D eigenvalue weighted by molar-refractivity contribution is 0.0721. The van der Waals surface area contributed by atoms with Gasteiger partial charge in [-0.15, -0.1) is 0 Å². The van der Waals surface area contributed by atoms with Crippen LogP contribution in [0.1, 0.15) is 43.6 Å². The fraction of sp³-hybridized carbons (Fsp3) is 0.533. The van der Waals surface area contributed by atoms with Gasteiger partial charge in [0.05, 0.1) is 5.41 Å². The molecule has 2 heteroatoms. The standard InChI is InChI=1S/C15H21NO/c1-14(2,3)12-7-5-11(6-8-12)13(17)15(4)9-16-10-15/h5-8,16H,9-10H2,1-4H3. The summed E-state index contributed by atoms with van der Waals surface area (Å²) < 4.78 is 0. The highest BCUT2D eigenvalue weighted by Gasteiger charge is 2.39. The summed E-state index contributed by atoms with van der Waals surface area (Å²) in [7, 11) is 0. The average Bonchev–Trinajstić information content (AvgIpc) is 2.24. The van der Waals surface area contributed by atoms with Crippen LogP contribution in [0, 0.1) is 5.41 Å². The second-order valence-corrected chi connectivity index (χ2v) is 6.32. The Hall–Kier alpha value is -1.15. The molecule has 1 aliphatic heterocycles. The van der Waals surface area contributed by atoms with Gasteiger partial charge in [-0.25, -0.2) is 0 Å². The summed E-state index contributed by atoms with van der Waals surface area (Å²) in [5.41, 5.74) is 2.06. The molecule has 0 bridgehead atoms. The van der Waals surface area contributed by atoms with Crippen molar-refractivity contribution < 1.29 is 4.79 Å². The van der Waals surface area contributed by atoms with Crippen LogP contribution in [0.3, 0.4) is 0 Å². The summed E-state index contributed by atoms with van der Waals surface area (Å²) in [6.45, 7) is 10.2. The lowest BCUT2D eigenvalue weighted by Crippen LogP contribution is -2.56. The van der Waals surface area contributed by atoms with Crippen LogP contribution in [0.5, 0.6) is 0 Å². The minimum Gasteiger partial charge on any atom is -0.315 e. The summed E-state index contributed by atoms with van der Waals surface area (Å²) in [6.07, 6.45) is 0. The van der Waals surface area contributed by atoms with E-state index in [0.717, 1.165) is 18.7 Å². The van der Waals surface area contributed by atoms with Gasteiger partial charge >= 0.3 is 0 Å². The molecule has 92 valence electrons. The van der Waals surface area contributed by atoms with E-state index in [1.807, 2.05) is 19.1 Å². The highest BCUT2D eigenvalue weighted by atomic mass is 16.1. The zero-order valence-electron chi connectivity index (χ0n) is 11.1. The number of hydrogen-bond donors (Lipinski definition) is 1. The second kappa shape index (κ2) is 3.95. The molecular formula is C15H21NO. The lowest BCUT2D eigenvalue weighted by atomic mass is 9.76. The van der Waals surface area contributed by atoms with Gasteiger partial charge in [-0.2, -0.15) is 0 Å². The normalized spacial score (nSPS) is 18.6. The van der Waals surface area contributed by atoms with Crippen LogP contribution in [0.2, 0.25) is 0 Å². The number of Topliss-reactive ketones (excluding diaryl/α,β-unsaturated/α-hetero) is 1. The minimum atomic E-state index is -0.191. The monoisotopic (exact) mass is 231 g/mol. The van der Waals surface area contributed by atoms with E-state index in [4.69, 9.17) is 0 Å². The number of ketones is 1. The maximum atomic E-state index is 12.3. The van der Waals surface area contributed by atoms with Crippen molar-refractivity contribution in [3.63, 3.8) is 0 Å². The predicted octanol–water partition coefficient (Wildman–Crippen LogP) is 2.78. The molecule has 0 amide bonds. The van der Waals surface area contributed by atoms with E-state index in [9.17, 15) is 4.79 Å². The molecule has 17 heavy (non-hydrogen) atoms. The highest BCUT2D eigenvalue weighted by molar-refractivity contribution is 6.01. The molecule has 0 aromatic heterocycles. The Balaban J connectivity index is 2.21. The molecule has 1 aromatic rings. The minimum absolute atomic E-state index is 0.142. The summed E-state index contributed by atoms with van der Waals surface area (Å²) in [5, 5.41) is 3.17. The number of hydrogen-bond acceptors (Lipinski definition) is 2. The van der Waals surface area contributed by atoms with Crippen molar-refractivity contribution in [1.29, 1.82) is 0 Å². The summed E-state index contributed by atoms with van der Waals surface area (Å²) >= 11 is 0. The van der Waals surface area contributed by atoms with Crippen LogP contribution in [-0.2, 0) is 5.41 Å². The summed E-state index contributed by atoms with van der Waals surface area (Å²) in [5.74, 6) is 0.261. The van der Waals surface area contributed by atoms with E-state index < -0.39 is 0 Å². The second-order valence-electron chi connectivity index (χ2n) is 6.32. The van der Waals surface area contributed by atoms with Crippen LogP contribution in [0.4, 0.5) is 0 Å². The number of carbonyl (C=O) groups is 1. The van der Waals surface area contributed by atoms with Crippen molar-refractivity contribution in [3.8, 4) is 0 Å². The quantitative estimate of drug-likeness (QED) is 0.793. The maximum Gasteiger partial charge on any atom is 0.171 e. The smallest absolute Gasteiger partial charge is 0.171 e. The summed E-state index contributed by atoms with van der Waals surface area (Å²) in [6, 6.07) is 8.07. The van der Waals surface area contributed by atoms with E-state index in [1.165, 1.54) is 5.56 Å². The third-order valence-electron chi connectivity index (χ3n) is 3.59. The number of benzene rings is 1. The Morgan fingerprint density at radius 3 is 2.06 bits per heavy atom. The topological polar surface area (TPSA) is 29.1 Å². The number of rotatable bonds is 2. The molecule has 0 radical (unpaired) electrons. The first-order chi connectivity index (χ1) is 7.83. The average molecular weight is 231 g/mol. The van der Waals surface area contributed by atoms with Gasteiger partial charge in [0.2, 0.25) is 0 Å². The Morgan fingerprint density at radius 2 is 1.71 bits per heavy atom. The van der Waals surface area contributed by atoms with Gasteiger partial charge in [0.25, 0.3) is 0 Å². The maximum absolute atomic E-state index is 12.3. The Kier molecular flexibility index (Phi) is 2.86. The highest BCUT2D eigenvalue weighted by Crippen LogP contribution is 2.28. The third kappa shape index (κ3) is 2.27. The Bertz CT molecular complexity index is 421. The van der Waals surface area contributed by atoms with Crippen LogP contribution < -0.4 is 5.32 Å². The molecule has 1 saturated heterocycles. The van der Waals surface area contributed by atoms with E-state index in [2.05, 4.69) is 38.2 Å². The molecule has 0 spiro atoms. The molecule has 1 aliphatic rings. The lowest BCUT2D eigenvalue weighted by Gasteiger charge is -2.37. The third-order valence-corrected chi connectivity index (χ3v) is 3.59. The van der Waals surface area contributed by atoms with E-state index in [1.54, 1.807) is 0 Å². The van der Waals surface area contributed by atoms with Gasteiger partial charge < -0.3 is 5.32 Å². The molecule has 2 rings (SSSR count). The fourth-order valence-electron chi connectivity index (χ4n) is 2.13. The van der Waals surface area contributed by atoms with Crippen molar-refractivity contribution in [3.05, 3.63) is 35.4 Å². The number of nitrogens with one attached hydrogen (secondary N) is 1.